The van der Waals surface area contributed by atoms with E-state index in [-0.39, 0.29) is 5.91 Å². The minimum Gasteiger partial charge on any atom is -0.489 e. The molecule has 0 bridgehead atoms. The summed E-state index contributed by atoms with van der Waals surface area (Å²) >= 11 is 0. The Morgan fingerprint density at radius 2 is 2.06 bits per heavy atom. The fourth-order valence-electron chi connectivity index (χ4n) is 4.42. The molecule has 1 atom stereocenters. The molecule has 0 N–H and O–H groups in total. The first-order valence-electron chi connectivity index (χ1n) is 11.8. The molecule has 170 valence electrons. The predicted molar refractivity (Wildman–Crippen MR) is 129 cm³/mol. The van der Waals surface area contributed by atoms with Crippen molar-refractivity contribution < 1.29 is 9.53 Å². The molecule has 1 unspecified atom stereocenters. The maximum atomic E-state index is 13.0. The number of carbonyl (C=O) groups excluding carboxylic acids is 1. The number of carbonyl (C=O) groups is 1. The number of rotatable bonds is 8. The Bertz CT molecular complexity index is 879. The van der Waals surface area contributed by atoms with Crippen LogP contribution in [-0.4, -0.2) is 54.5 Å². The monoisotopic (exact) mass is 433 g/mol. The summed E-state index contributed by atoms with van der Waals surface area (Å²) in [5.41, 5.74) is 2.25. The van der Waals surface area contributed by atoms with Crippen molar-refractivity contribution in [1.82, 2.24) is 9.80 Å². The summed E-state index contributed by atoms with van der Waals surface area (Å²) in [7, 11) is 0. The van der Waals surface area contributed by atoms with E-state index in [0.717, 1.165) is 50.2 Å². The van der Waals surface area contributed by atoms with E-state index in [1.807, 2.05) is 48.3 Å². The van der Waals surface area contributed by atoms with Crippen molar-refractivity contribution in [2.75, 3.05) is 32.8 Å². The molecule has 0 aromatic heterocycles. The van der Waals surface area contributed by atoms with Gasteiger partial charge in [0.15, 0.2) is 0 Å². The molecule has 1 amide bonds. The zero-order valence-corrected chi connectivity index (χ0v) is 19.3. The summed E-state index contributed by atoms with van der Waals surface area (Å²) in [6, 6.07) is 2.48. The number of nitriles is 1. The molecule has 2 aliphatic heterocycles. The third kappa shape index (κ3) is 6.83. The highest BCUT2D eigenvalue weighted by molar-refractivity contribution is 5.96. The van der Waals surface area contributed by atoms with Crippen LogP contribution in [-0.2, 0) is 9.53 Å². The van der Waals surface area contributed by atoms with Crippen LogP contribution in [0.2, 0.25) is 0 Å². The summed E-state index contributed by atoms with van der Waals surface area (Å²) in [6.45, 7) is 10.5. The van der Waals surface area contributed by atoms with Crippen LogP contribution in [0.25, 0.3) is 0 Å². The number of ether oxygens (including phenoxy) is 1. The number of piperidine rings is 1. The quantitative estimate of drug-likeness (QED) is 0.312. The molecular weight excluding hydrogens is 398 g/mol. The first kappa shape index (κ1) is 23.8. The second-order valence-corrected chi connectivity index (χ2v) is 8.64. The molecule has 2 heterocycles. The van der Waals surface area contributed by atoms with Gasteiger partial charge in [-0.1, -0.05) is 31.2 Å². The zero-order valence-electron chi connectivity index (χ0n) is 19.3. The Morgan fingerprint density at radius 1 is 1.25 bits per heavy atom. The van der Waals surface area contributed by atoms with Gasteiger partial charge in [0, 0.05) is 36.7 Å². The molecule has 2 saturated heterocycles. The Balaban J connectivity index is 1.50. The van der Waals surface area contributed by atoms with Crippen LogP contribution >= 0.6 is 0 Å². The van der Waals surface area contributed by atoms with Gasteiger partial charge in [-0.3, -0.25) is 4.79 Å². The minimum absolute atomic E-state index is 0.0285. The Labute approximate surface area is 192 Å². The van der Waals surface area contributed by atoms with E-state index in [4.69, 9.17) is 10.00 Å². The number of nitrogens with zero attached hydrogens (tertiary/aromatic N) is 3. The van der Waals surface area contributed by atoms with Crippen molar-refractivity contribution >= 4 is 5.91 Å². The highest BCUT2D eigenvalue weighted by Crippen LogP contribution is 2.22. The fourth-order valence-corrected chi connectivity index (χ4v) is 4.42. The van der Waals surface area contributed by atoms with Crippen LogP contribution < -0.4 is 0 Å². The van der Waals surface area contributed by atoms with Gasteiger partial charge in [0.05, 0.1) is 6.07 Å². The average Bonchev–Trinajstić information content (AvgIpc) is 3.15. The van der Waals surface area contributed by atoms with Crippen molar-refractivity contribution in [2.45, 2.75) is 51.5 Å². The van der Waals surface area contributed by atoms with Gasteiger partial charge in [-0.25, -0.2) is 0 Å². The average molecular weight is 434 g/mol. The molecule has 5 nitrogen and oxygen atoms in total. The lowest BCUT2D eigenvalue weighted by Gasteiger charge is -2.33. The molecule has 0 radical (unpaired) electrons. The molecule has 3 aliphatic rings. The SMILES string of the molecule is C=C(/C=C\C(=C/C)OCC1=CCC(C#N)=CC=C1)C(=O)N1CCCC1CN1CCCCC1. The van der Waals surface area contributed by atoms with Gasteiger partial charge in [0.25, 0.3) is 5.91 Å². The predicted octanol–water partition coefficient (Wildman–Crippen LogP) is 4.83. The maximum absolute atomic E-state index is 13.0. The lowest BCUT2D eigenvalue weighted by atomic mass is 10.1. The second kappa shape index (κ2) is 12.3. The molecule has 5 heteroatoms. The first-order chi connectivity index (χ1) is 15.6. The normalized spacial score (nSPS) is 22.3. The van der Waals surface area contributed by atoms with E-state index >= 15 is 0 Å². The Kier molecular flexibility index (Phi) is 9.13. The third-order valence-electron chi connectivity index (χ3n) is 6.30. The van der Waals surface area contributed by atoms with Crippen molar-refractivity contribution in [3.05, 3.63) is 71.6 Å². The summed E-state index contributed by atoms with van der Waals surface area (Å²) in [5.74, 6) is 0.720. The van der Waals surface area contributed by atoms with Crippen LogP contribution in [0.15, 0.2) is 71.6 Å². The molecule has 1 aliphatic carbocycles. The van der Waals surface area contributed by atoms with Gasteiger partial charge in [-0.2, -0.15) is 5.26 Å². The van der Waals surface area contributed by atoms with E-state index in [9.17, 15) is 4.79 Å². The molecule has 0 aromatic rings. The summed E-state index contributed by atoms with van der Waals surface area (Å²) in [6.07, 6.45) is 19.7. The number of likely N-dealkylation sites (tertiary alicyclic amines) is 2. The van der Waals surface area contributed by atoms with Gasteiger partial charge < -0.3 is 14.5 Å². The molecule has 0 aromatic carbocycles. The Hall–Kier alpha value is -2.84. The van der Waals surface area contributed by atoms with Gasteiger partial charge in [0.2, 0.25) is 0 Å². The van der Waals surface area contributed by atoms with Crippen molar-refractivity contribution in [3.63, 3.8) is 0 Å². The molecule has 2 fully saturated rings. The highest BCUT2D eigenvalue weighted by atomic mass is 16.5. The van der Waals surface area contributed by atoms with Crippen LogP contribution in [0, 0.1) is 11.3 Å². The maximum Gasteiger partial charge on any atom is 0.253 e. The summed E-state index contributed by atoms with van der Waals surface area (Å²) in [4.78, 5) is 17.6. The number of amides is 1. The molecule has 3 rings (SSSR count). The van der Waals surface area contributed by atoms with Crippen LogP contribution in [0.4, 0.5) is 0 Å². The summed E-state index contributed by atoms with van der Waals surface area (Å²) in [5, 5.41) is 9.03. The number of hydrogen-bond donors (Lipinski definition) is 0. The molecule has 0 saturated carbocycles. The van der Waals surface area contributed by atoms with Gasteiger partial charge in [0.1, 0.15) is 12.4 Å². The Morgan fingerprint density at radius 3 is 2.81 bits per heavy atom. The van der Waals surface area contributed by atoms with Crippen molar-refractivity contribution in [2.24, 2.45) is 0 Å². The van der Waals surface area contributed by atoms with Gasteiger partial charge >= 0.3 is 0 Å². The molecule has 0 spiro atoms. The number of hydrogen-bond acceptors (Lipinski definition) is 4. The minimum atomic E-state index is 0.0285. The topological polar surface area (TPSA) is 56.6 Å². The van der Waals surface area contributed by atoms with E-state index in [1.54, 1.807) is 6.08 Å². The molecule has 32 heavy (non-hydrogen) atoms. The van der Waals surface area contributed by atoms with E-state index < -0.39 is 0 Å². The zero-order chi connectivity index (χ0) is 22.8. The smallest absolute Gasteiger partial charge is 0.253 e. The van der Waals surface area contributed by atoms with Crippen molar-refractivity contribution in [1.29, 1.82) is 5.26 Å². The third-order valence-corrected chi connectivity index (χ3v) is 6.30. The number of allylic oxidation sites excluding steroid dienone is 6. The van der Waals surface area contributed by atoms with Gasteiger partial charge in [-0.15, -0.1) is 0 Å². The largest absolute Gasteiger partial charge is 0.489 e. The van der Waals surface area contributed by atoms with E-state index in [1.165, 1.54) is 19.3 Å². The molecular formula is C27H35N3O2. The fraction of sp³-hybridized carbons (Fsp3) is 0.481. The van der Waals surface area contributed by atoms with Gasteiger partial charge in [-0.05, 0) is 75.6 Å². The standard InChI is InChI=1S/C27H35N3O2/c1-3-26(32-21-24-10-7-9-23(19-28)13-14-24)15-12-22(2)27(31)30-18-8-11-25(30)20-29-16-5-4-6-17-29/h3,7,9-10,12,14-15,25H,2,4-6,8,11,13,16-18,20-21H2,1H3/b15-12-,26-3+. The lowest BCUT2D eigenvalue weighted by molar-refractivity contribution is -0.127. The lowest BCUT2D eigenvalue weighted by Crippen LogP contribution is -2.45. The van der Waals surface area contributed by atoms with Crippen LogP contribution in [0.1, 0.15) is 45.4 Å². The van der Waals surface area contributed by atoms with Crippen LogP contribution in [0.3, 0.4) is 0 Å². The first-order valence-corrected chi connectivity index (χ1v) is 11.8. The van der Waals surface area contributed by atoms with Crippen LogP contribution in [0.5, 0.6) is 0 Å². The summed E-state index contributed by atoms with van der Waals surface area (Å²) < 4.78 is 5.91. The van der Waals surface area contributed by atoms with E-state index in [2.05, 4.69) is 17.5 Å². The highest BCUT2D eigenvalue weighted by Gasteiger charge is 2.30. The second-order valence-electron chi connectivity index (χ2n) is 8.64. The van der Waals surface area contributed by atoms with Crippen molar-refractivity contribution in [3.8, 4) is 6.07 Å². The van der Waals surface area contributed by atoms with E-state index in [0.29, 0.717) is 30.4 Å².